The molecular formula is C11H9F2NO2S2. The Labute approximate surface area is 107 Å². The highest BCUT2D eigenvalue weighted by Gasteiger charge is 2.16. The SMILES string of the molecule is O=S(=O)(NCc1ccsc1)c1ccc(F)c(F)c1. The standard InChI is InChI=1S/C11H9F2NO2S2/c12-10-2-1-9(5-11(10)13)18(15,16)14-6-8-3-4-17-7-8/h1-5,7,14H,6H2. The molecule has 0 saturated carbocycles. The van der Waals surface area contributed by atoms with Gasteiger partial charge in [0.25, 0.3) is 0 Å². The van der Waals surface area contributed by atoms with E-state index in [9.17, 15) is 17.2 Å². The van der Waals surface area contributed by atoms with Crippen molar-refractivity contribution in [2.45, 2.75) is 11.4 Å². The quantitative estimate of drug-likeness (QED) is 0.940. The number of hydrogen-bond acceptors (Lipinski definition) is 3. The van der Waals surface area contributed by atoms with Crippen LogP contribution >= 0.6 is 11.3 Å². The summed E-state index contributed by atoms with van der Waals surface area (Å²) in [5, 5.41) is 3.62. The van der Waals surface area contributed by atoms with Crippen LogP contribution in [0.3, 0.4) is 0 Å². The zero-order valence-electron chi connectivity index (χ0n) is 9.06. The molecule has 96 valence electrons. The average Bonchev–Trinajstić information content (AvgIpc) is 2.83. The fourth-order valence-corrected chi connectivity index (χ4v) is 3.00. The van der Waals surface area contributed by atoms with Gasteiger partial charge in [-0.2, -0.15) is 11.3 Å². The zero-order chi connectivity index (χ0) is 13.2. The smallest absolute Gasteiger partial charge is 0.207 e. The van der Waals surface area contributed by atoms with Gasteiger partial charge in [-0.1, -0.05) is 0 Å². The molecular weight excluding hydrogens is 280 g/mol. The van der Waals surface area contributed by atoms with Crippen LogP contribution in [-0.2, 0) is 16.6 Å². The predicted octanol–water partition coefficient (Wildman–Crippen LogP) is 2.50. The van der Waals surface area contributed by atoms with Crippen LogP contribution in [0.5, 0.6) is 0 Å². The summed E-state index contributed by atoms with van der Waals surface area (Å²) in [5.74, 6) is -2.26. The van der Waals surface area contributed by atoms with Gasteiger partial charge in [-0.25, -0.2) is 21.9 Å². The maximum atomic E-state index is 13.0. The first kappa shape index (κ1) is 13.1. The van der Waals surface area contributed by atoms with E-state index in [1.807, 2.05) is 5.38 Å². The van der Waals surface area contributed by atoms with E-state index in [0.29, 0.717) is 6.07 Å². The Balaban J connectivity index is 2.17. The molecule has 0 radical (unpaired) electrons. The topological polar surface area (TPSA) is 46.2 Å². The van der Waals surface area contributed by atoms with E-state index in [1.165, 1.54) is 11.3 Å². The van der Waals surface area contributed by atoms with Gasteiger partial charge in [0.2, 0.25) is 10.0 Å². The van der Waals surface area contributed by atoms with Gasteiger partial charge in [-0.05, 0) is 40.6 Å². The fraction of sp³-hybridized carbons (Fsp3) is 0.0909. The van der Waals surface area contributed by atoms with Gasteiger partial charge < -0.3 is 0 Å². The highest BCUT2D eigenvalue weighted by atomic mass is 32.2. The van der Waals surface area contributed by atoms with E-state index < -0.39 is 21.7 Å². The Bertz CT molecular complexity index is 639. The monoisotopic (exact) mass is 289 g/mol. The molecule has 0 aliphatic heterocycles. The van der Waals surface area contributed by atoms with E-state index in [4.69, 9.17) is 0 Å². The molecule has 2 rings (SSSR count). The van der Waals surface area contributed by atoms with Crippen LogP contribution in [-0.4, -0.2) is 8.42 Å². The molecule has 0 saturated heterocycles. The summed E-state index contributed by atoms with van der Waals surface area (Å²) >= 11 is 1.45. The molecule has 0 bridgehead atoms. The molecule has 0 unspecified atom stereocenters. The van der Waals surface area contributed by atoms with Crippen molar-refractivity contribution in [1.82, 2.24) is 4.72 Å². The van der Waals surface area contributed by atoms with Gasteiger partial charge in [0, 0.05) is 6.54 Å². The molecule has 1 aromatic heterocycles. The van der Waals surface area contributed by atoms with E-state index in [0.717, 1.165) is 17.7 Å². The minimum atomic E-state index is -3.83. The van der Waals surface area contributed by atoms with Crippen LogP contribution in [0.1, 0.15) is 5.56 Å². The summed E-state index contributed by atoms with van der Waals surface area (Å²) in [4.78, 5) is -0.295. The summed E-state index contributed by atoms with van der Waals surface area (Å²) < 4.78 is 51.6. The number of sulfonamides is 1. The molecule has 0 aliphatic rings. The third kappa shape index (κ3) is 2.92. The first-order valence-electron chi connectivity index (χ1n) is 4.95. The van der Waals surface area contributed by atoms with Crippen molar-refractivity contribution in [3.8, 4) is 0 Å². The Hall–Kier alpha value is -1.31. The number of benzene rings is 1. The lowest BCUT2D eigenvalue weighted by Gasteiger charge is -2.06. The summed E-state index contributed by atoms with van der Waals surface area (Å²) in [6, 6.07) is 4.24. The van der Waals surface area contributed by atoms with Gasteiger partial charge >= 0.3 is 0 Å². The number of halogens is 2. The summed E-state index contributed by atoms with van der Waals surface area (Å²) in [7, 11) is -3.83. The first-order valence-corrected chi connectivity index (χ1v) is 7.37. The number of rotatable bonds is 4. The molecule has 0 amide bonds. The zero-order valence-corrected chi connectivity index (χ0v) is 10.7. The van der Waals surface area contributed by atoms with Gasteiger partial charge in [0.05, 0.1) is 4.90 Å². The minimum absolute atomic E-state index is 0.116. The third-order valence-electron chi connectivity index (χ3n) is 2.25. The maximum Gasteiger partial charge on any atom is 0.240 e. The average molecular weight is 289 g/mol. The lowest BCUT2D eigenvalue weighted by atomic mass is 10.3. The van der Waals surface area contributed by atoms with E-state index in [1.54, 1.807) is 11.4 Å². The van der Waals surface area contributed by atoms with E-state index in [2.05, 4.69) is 4.72 Å². The molecule has 0 spiro atoms. The number of thiophene rings is 1. The van der Waals surface area contributed by atoms with Gasteiger partial charge in [0.15, 0.2) is 11.6 Å². The summed E-state index contributed by atoms with van der Waals surface area (Å²) in [6.45, 7) is 0.116. The van der Waals surface area contributed by atoms with Crippen molar-refractivity contribution in [1.29, 1.82) is 0 Å². The lowest BCUT2D eigenvalue weighted by Crippen LogP contribution is -2.23. The summed E-state index contributed by atoms with van der Waals surface area (Å²) in [5.41, 5.74) is 0.811. The third-order valence-corrected chi connectivity index (χ3v) is 4.38. The van der Waals surface area contributed by atoms with Crippen LogP contribution in [0.25, 0.3) is 0 Å². The molecule has 1 N–H and O–H groups in total. The van der Waals surface area contributed by atoms with Crippen molar-refractivity contribution in [3.63, 3.8) is 0 Å². The Morgan fingerprint density at radius 1 is 1.17 bits per heavy atom. The summed E-state index contributed by atoms with van der Waals surface area (Å²) in [6.07, 6.45) is 0. The van der Waals surface area contributed by atoms with E-state index in [-0.39, 0.29) is 11.4 Å². The molecule has 0 atom stereocenters. The first-order chi connectivity index (χ1) is 8.49. The highest BCUT2D eigenvalue weighted by Crippen LogP contribution is 2.14. The van der Waals surface area contributed by atoms with Crippen LogP contribution in [0.2, 0.25) is 0 Å². The molecule has 1 heterocycles. The van der Waals surface area contributed by atoms with Crippen molar-refractivity contribution >= 4 is 21.4 Å². The number of hydrogen-bond donors (Lipinski definition) is 1. The van der Waals surface area contributed by atoms with Crippen LogP contribution in [0.4, 0.5) is 8.78 Å². The van der Waals surface area contributed by atoms with Crippen molar-refractivity contribution in [2.24, 2.45) is 0 Å². The Morgan fingerprint density at radius 3 is 2.56 bits per heavy atom. The molecule has 2 aromatic rings. The van der Waals surface area contributed by atoms with Crippen LogP contribution < -0.4 is 4.72 Å². The highest BCUT2D eigenvalue weighted by molar-refractivity contribution is 7.89. The second-order valence-electron chi connectivity index (χ2n) is 3.53. The normalized spacial score (nSPS) is 11.7. The number of nitrogens with one attached hydrogen (secondary N) is 1. The minimum Gasteiger partial charge on any atom is -0.207 e. The molecule has 1 aromatic carbocycles. The Morgan fingerprint density at radius 2 is 1.94 bits per heavy atom. The largest absolute Gasteiger partial charge is 0.240 e. The predicted molar refractivity (Wildman–Crippen MR) is 64.7 cm³/mol. The molecule has 7 heteroatoms. The van der Waals surface area contributed by atoms with E-state index >= 15 is 0 Å². The Kier molecular flexibility index (Phi) is 3.74. The molecule has 0 fully saturated rings. The molecule has 0 aliphatic carbocycles. The lowest BCUT2D eigenvalue weighted by molar-refractivity contribution is 0.504. The second kappa shape index (κ2) is 5.13. The van der Waals surface area contributed by atoms with Crippen molar-refractivity contribution in [3.05, 3.63) is 52.2 Å². The van der Waals surface area contributed by atoms with Crippen LogP contribution in [0.15, 0.2) is 39.9 Å². The molecule has 3 nitrogen and oxygen atoms in total. The fourth-order valence-electron chi connectivity index (χ4n) is 1.30. The van der Waals surface area contributed by atoms with Gasteiger partial charge in [-0.15, -0.1) is 0 Å². The maximum absolute atomic E-state index is 13.0. The van der Waals surface area contributed by atoms with Gasteiger partial charge in [0.1, 0.15) is 0 Å². The van der Waals surface area contributed by atoms with Crippen LogP contribution in [0, 0.1) is 11.6 Å². The van der Waals surface area contributed by atoms with Crippen molar-refractivity contribution < 1.29 is 17.2 Å². The second-order valence-corrected chi connectivity index (χ2v) is 6.08. The van der Waals surface area contributed by atoms with Crippen molar-refractivity contribution in [2.75, 3.05) is 0 Å². The van der Waals surface area contributed by atoms with Gasteiger partial charge in [-0.3, -0.25) is 0 Å². The molecule has 18 heavy (non-hydrogen) atoms.